The normalized spacial score (nSPS) is 13.8. The van der Waals surface area contributed by atoms with Gasteiger partial charge < -0.3 is 25.0 Å². The number of esters is 1. The summed E-state index contributed by atoms with van der Waals surface area (Å²) in [6, 6.07) is 2.96. The molecule has 1 rings (SSSR count). The Bertz CT molecular complexity index is 555. The fourth-order valence-corrected chi connectivity index (χ4v) is 1.74. The molecule has 3 N–H and O–H groups in total. The van der Waals surface area contributed by atoms with Crippen LogP contribution < -0.4 is 5.32 Å². The lowest BCUT2D eigenvalue weighted by Gasteiger charge is -2.22. The number of alkyl carbamates (subject to hydrolysis) is 1. The van der Waals surface area contributed by atoms with Crippen LogP contribution in [0.4, 0.5) is 4.79 Å². The summed E-state index contributed by atoms with van der Waals surface area (Å²) in [5, 5.41) is 22.5. The molecule has 128 valence electrons. The van der Waals surface area contributed by atoms with E-state index in [9.17, 15) is 19.8 Å². The number of hydrogen-bond donors (Lipinski definition) is 3. The number of nitrogens with zero attached hydrogens (tertiary/aromatic N) is 1. The van der Waals surface area contributed by atoms with Gasteiger partial charge in [-0.3, -0.25) is 0 Å². The molecule has 0 spiro atoms. The number of methoxy groups -OCH3 is 1. The number of pyridine rings is 1. The Kier molecular flexibility index (Phi) is 6.47. The Labute approximate surface area is 134 Å². The molecule has 2 atom stereocenters. The highest BCUT2D eigenvalue weighted by Crippen LogP contribution is 2.20. The van der Waals surface area contributed by atoms with Gasteiger partial charge >= 0.3 is 12.1 Å². The van der Waals surface area contributed by atoms with E-state index in [4.69, 9.17) is 4.74 Å². The van der Waals surface area contributed by atoms with E-state index in [1.165, 1.54) is 25.4 Å². The van der Waals surface area contributed by atoms with Crippen molar-refractivity contribution < 1.29 is 29.3 Å². The molecule has 2 unspecified atom stereocenters. The minimum absolute atomic E-state index is 0.0983. The van der Waals surface area contributed by atoms with Gasteiger partial charge in [0.05, 0.1) is 7.11 Å². The molecule has 8 heteroatoms. The van der Waals surface area contributed by atoms with E-state index in [1.807, 2.05) is 0 Å². The van der Waals surface area contributed by atoms with Crippen LogP contribution in [0.2, 0.25) is 0 Å². The summed E-state index contributed by atoms with van der Waals surface area (Å²) in [7, 11) is 1.19. The Morgan fingerprint density at radius 3 is 2.57 bits per heavy atom. The van der Waals surface area contributed by atoms with Crippen molar-refractivity contribution >= 4 is 12.1 Å². The molecule has 23 heavy (non-hydrogen) atoms. The second-order valence-electron chi connectivity index (χ2n) is 5.83. The van der Waals surface area contributed by atoms with Gasteiger partial charge in [-0.05, 0) is 26.8 Å². The first-order valence-electron chi connectivity index (χ1n) is 7.02. The third kappa shape index (κ3) is 5.84. The van der Waals surface area contributed by atoms with Gasteiger partial charge in [0.2, 0.25) is 0 Å². The number of carbonyl (C=O) groups excluding carboxylic acids is 2. The first kappa shape index (κ1) is 18.9. The van der Waals surface area contributed by atoms with E-state index in [-0.39, 0.29) is 17.8 Å². The first-order valence-corrected chi connectivity index (χ1v) is 7.02. The molecule has 1 aromatic rings. The van der Waals surface area contributed by atoms with Crippen molar-refractivity contribution in [3.05, 3.63) is 29.6 Å². The molecule has 0 aliphatic rings. The van der Waals surface area contributed by atoms with Gasteiger partial charge in [-0.25, -0.2) is 14.6 Å². The Balaban J connectivity index is 2.72. The van der Waals surface area contributed by atoms with Gasteiger partial charge in [0.1, 0.15) is 17.8 Å². The van der Waals surface area contributed by atoms with Crippen molar-refractivity contribution in [2.45, 2.75) is 38.6 Å². The molecule has 0 bridgehead atoms. The second-order valence-corrected chi connectivity index (χ2v) is 5.83. The van der Waals surface area contributed by atoms with Crippen LogP contribution in [0, 0.1) is 0 Å². The molecule has 8 nitrogen and oxygen atoms in total. The Hall–Kier alpha value is -2.19. The van der Waals surface area contributed by atoms with Gasteiger partial charge in [0.15, 0.2) is 5.69 Å². The molecule has 0 aliphatic carbocycles. The maximum atomic E-state index is 11.6. The van der Waals surface area contributed by atoms with Crippen LogP contribution in [0.15, 0.2) is 18.3 Å². The number of ether oxygens (including phenoxy) is 2. The van der Waals surface area contributed by atoms with E-state index in [0.717, 1.165) is 0 Å². The number of nitrogens with one attached hydrogen (secondary N) is 1. The third-order valence-corrected chi connectivity index (χ3v) is 2.76. The molecule has 1 heterocycles. The lowest BCUT2D eigenvalue weighted by molar-refractivity contribution is 0.0116. The maximum absolute atomic E-state index is 11.6. The minimum atomic E-state index is -1.42. The number of aromatic nitrogens is 1. The van der Waals surface area contributed by atoms with Crippen molar-refractivity contribution in [2.75, 3.05) is 13.7 Å². The molecular weight excluding hydrogens is 304 g/mol. The molecular formula is C15H22N2O6. The molecule has 0 aliphatic heterocycles. The summed E-state index contributed by atoms with van der Waals surface area (Å²) < 4.78 is 9.60. The summed E-state index contributed by atoms with van der Waals surface area (Å²) in [6.07, 6.45) is -2.13. The largest absolute Gasteiger partial charge is 0.464 e. The Morgan fingerprint density at radius 1 is 1.35 bits per heavy atom. The second kappa shape index (κ2) is 7.89. The van der Waals surface area contributed by atoms with Crippen LogP contribution in [0.25, 0.3) is 0 Å². The lowest BCUT2D eigenvalue weighted by atomic mass is 10.0. The zero-order valence-corrected chi connectivity index (χ0v) is 13.6. The fourth-order valence-electron chi connectivity index (χ4n) is 1.74. The smallest absolute Gasteiger partial charge is 0.407 e. The highest BCUT2D eigenvalue weighted by Gasteiger charge is 2.26. The summed E-state index contributed by atoms with van der Waals surface area (Å²) in [5.74, 6) is -0.730. The molecule has 0 radical (unpaired) electrons. The van der Waals surface area contributed by atoms with Crippen LogP contribution in [0.1, 0.15) is 42.9 Å². The van der Waals surface area contributed by atoms with Crippen molar-refractivity contribution in [3.8, 4) is 0 Å². The molecule has 0 aromatic carbocycles. The lowest BCUT2D eigenvalue weighted by Crippen LogP contribution is -2.39. The topological polar surface area (TPSA) is 118 Å². The molecule has 1 amide bonds. The molecule has 1 aromatic heterocycles. The summed E-state index contributed by atoms with van der Waals surface area (Å²) in [6.45, 7) is 4.86. The molecule has 0 saturated heterocycles. The van der Waals surface area contributed by atoms with Crippen molar-refractivity contribution in [3.63, 3.8) is 0 Å². The third-order valence-electron chi connectivity index (χ3n) is 2.76. The monoisotopic (exact) mass is 326 g/mol. The van der Waals surface area contributed by atoms with Crippen molar-refractivity contribution in [1.29, 1.82) is 0 Å². The van der Waals surface area contributed by atoms with Gasteiger partial charge in [-0.1, -0.05) is 6.07 Å². The first-order chi connectivity index (χ1) is 10.7. The zero-order valence-electron chi connectivity index (χ0n) is 13.6. The van der Waals surface area contributed by atoms with Gasteiger partial charge in [-0.15, -0.1) is 0 Å². The van der Waals surface area contributed by atoms with Crippen LogP contribution in [0.3, 0.4) is 0 Å². The van der Waals surface area contributed by atoms with Gasteiger partial charge in [0, 0.05) is 18.3 Å². The summed E-state index contributed by atoms with van der Waals surface area (Å²) >= 11 is 0. The SMILES string of the molecule is COC(=O)c1ncccc1C(O)C(O)CNC(=O)OC(C)(C)C. The van der Waals surface area contributed by atoms with E-state index >= 15 is 0 Å². The predicted octanol–water partition coefficient (Wildman–Crippen LogP) is 0.787. The van der Waals surface area contributed by atoms with Crippen LogP contribution in [-0.4, -0.2) is 52.6 Å². The number of rotatable bonds is 5. The summed E-state index contributed by atoms with van der Waals surface area (Å²) in [5.41, 5.74) is -0.661. The highest BCUT2D eigenvalue weighted by atomic mass is 16.6. The average molecular weight is 326 g/mol. The van der Waals surface area contributed by atoms with E-state index in [1.54, 1.807) is 20.8 Å². The van der Waals surface area contributed by atoms with E-state index in [2.05, 4.69) is 15.0 Å². The quantitative estimate of drug-likeness (QED) is 0.684. The van der Waals surface area contributed by atoms with Crippen LogP contribution in [-0.2, 0) is 9.47 Å². The van der Waals surface area contributed by atoms with E-state index < -0.39 is 29.9 Å². The summed E-state index contributed by atoms with van der Waals surface area (Å²) in [4.78, 5) is 27.0. The predicted molar refractivity (Wildman–Crippen MR) is 80.8 cm³/mol. The van der Waals surface area contributed by atoms with Gasteiger partial charge in [-0.2, -0.15) is 0 Å². The van der Waals surface area contributed by atoms with E-state index in [0.29, 0.717) is 0 Å². The van der Waals surface area contributed by atoms with Crippen LogP contribution >= 0.6 is 0 Å². The number of aliphatic hydroxyl groups excluding tert-OH is 2. The highest BCUT2D eigenvalue weighted by molar-refractivity contribution is 5.88. The molecule has 0 saturated carbocycles. The van der Waals surface area contributed by atoms with Crippen molar-refractivity contribution in [2.24, 2.45) is 0 Å². The maximum Gasteiger partial charge on any atom is 0.407 e. The Morgan fingerprint density at radius 2 is 2.00 bits per heavy atom. The average Bonchev–Trinajstić information content (AvgIpc) is 2.49. The number of hydrogen-bond acceptors (Lipinski definition) is 7. The fraction of sp³-hybridized carbons (Fsp3) is 0.533. The standard InChI is InChI=1S/C15H22N2O6/c1-15(2,3)23-14(21)17-8-10(18)12(19)9-6-5-7-16-11(9)13(20)22-4/h5-7,10,12,18-19H,8H2,1-4H3,(H,17,21). The number of carbonyl (C=O) groups is 2. The molecule has 0 fully saturated rings. The van der Waals surface area contributed by atoms with Crippen LogP contribution in [0.5, 0.6) is 0 Å². The number of aliphatic hydroxyl groups is 2. The zero-order chi connectivity index (χ0) is 17.6. The van der Waals surface area contributed by atoms with Gasteiger partial charge in [0.25, 0.3) is 0 Å². The van der Waals surface area contributed by atoms with Crippen molar-refractivity contribution in [1.82, 2.24) is 10.3 Å². The minimum Gasteiger partial charge on any atom is -0.464 e. The number of amides is 1.